The quantitative estimate of drug-likeness (QED) is 0.513. The largest absolute Gasteiger partial charge is 0.327 e. The molecule has 5 rings (SSSR count). The molecule has 0 unspecified atom stereocenters. The van der Waals surface area contributed by atoms with E-state index in [4.69, 9.17) is 4.98 Å². The Kier molecular flexibility index (Phi) is 5.47. The van der Waals surface area contributed by atoms with E-state index in [2.05, 4.69) is 30.4 Å². The Labute approximate surface area is 182 Å². The van der Waals surface area contributed by atoms with Crippen molar-refractivity contribution < 1.29 is 4.39 Å². The summed E-state index contributed by atoms with van der Waals surface area (Å²) in [6.45, 7) is 1.95. The third kappa shape index (κ3) is 4.08. The molecule has 0 saturated carbocycles. The van der Waals surface area contributed by atoms with Gasteiger partial charge in [0, 0.05) is 30.4 Å². The van der Waals surface area contributed by atoms with Crippen LogP contribution < -0.4 is 5.32 Å². The van der Waals surface area contributed by atoms with Crippen LogP contribution in [0.1, 0.15) is 18.9 Å². The number of pyridine rings is 1. The molecule has 0 bridgehead atoms. The number of tetrazole rings is 1. The zero-order valence-electron chi connectivity index (χ0n) is 16.9. The fourth-order valence-corrected chi connectivity index (χ4v) is 4.57. The molecule has 1 fully saturated rings. The van der Waals surface area contributed by atoms with Crippen LogP contribution in [-0.4, -0.2) is 47.8 Å². The number of rotatable bonds is 5. The summed E-state index contributed by atoms with van der Waals surface area (Å²) in [4.78, 5) is 9.23. The molecule has 8 nitrogen and oxygen atoms in total. The van der Waals surface area contributed by atoms with Gasteiger partial charge in [-0.05, 0) is 84.5 Å². The second-order valence-corrected chi connectivity index (χ2v) is 8.39. The minimum atomic E-state index is -0.261. The van der Waals surface area contributed by atoms with Gasteiger partial charge in [-0.2, -0.15) is 0 Å². The van der Waals surface area contributed by atoms with Gasteiger partial charge in [0.1, 0.15) is 10.8 Å². The van der Waals surface area contributed by atoms with Crippen LogP contribution in [0.2, 0.25) is 0 Å². The van der Waals surface area contributed by atoms with Crippen LogP contribution in [0.15, 0.2) is 59.1 Å². The number of halogens is 1. The lowest BCUT2D eigenvalue weighted by atomic mass is 10.0. The summed E-state index contributed by atoms with van der Waals surface area (Å²) in [6.07, 6.45) is 5.76. The number of hydrogen-bond donors (Lipinski definition) is 1. The van der Waals surface area contributed by atoms with Crippen molar-refractivity contribution in [3.05, 3.63) is 54.7 Å². The zero-order chi connectivity index (χ0) is 21.2. The average molecular weight is 437 g/mol. The summed E-state index contributed by atoms with van der Waals surface area (Å²) in [7, 11) is 1.80. The predicted octanol–water partition coefficient (Wildman–Crippen LogP) is 3.35. The Morgan fingerprint density at radius 2 is 1.87 bits per heavy atom. The van der Waals surface area contributed by atoms with E-state index in [9.17, 15) is 4.39 Å². The maximum atomic E-state index is 13.5. The molecule has 31 heavy (non-hydrogen) atoms. The van der Waals surface area contributed by atoms with Gasteiger partial charge in [0.05, 0.1) is 17.7 Å². The van der Waals surface area contributed by atoms with Gasteiger partial charge in [-0.3, -0.25) is 0 Å². The molecule has 4 aromatic rings. The minimum Gasteiger partial charge on any atom is -0.327 e. The van der Waals surface area contributed by atoms with Gasteiger partial charge in [0.25, 0.3) is 0 Å². The van der Waals surface area contributed by atoms with E-state index in [0.717, 1.165) is 53.5 Å². The Morgan fingerprint density at radius 3 is 2.61 bits per heavy atom. The maximum absolute atomic E-state index is 13.5. The Hall–Kier alpha value is -3.11. The topological polar surface area (TPSA) is 86.3 Å². The standard InChI is InChI=1S/C21H21FN8S/c1-29-21(26-27-28-29)31-18-12-15(6-11-24-18)20-19(14-2-4-16(22)5-3-14)25-13-30(20)17-7-9-23-10-8-17/h2-6,11-13,17,23H,7-10H2,1H3. The number of nitrogens with zero attached hydrogens (tertiary/aromatic N) is 7. The van der Waals surface area contributed by atoms with Crippen molar-refractivity contribution >= 4 is 11.8 Å². The zero-order valence-corrected chi connectivity index (χ0v) is 17.8. The van der Waals surface area contributed by atoms with Crippen molar-refractivity contribution in [1.82, 2.24) is 40.1 Å². The van der Waals surface area contributed by atoms with Crippen molar-refractivity contribution in [1.29, 1.82) is 0 Å². The lowest BCUT2D eigenvalue weighted by molar-refractivity contribution is 0.370. The van der Waals surface area contributed by atoms with Crippen LogP contribution in [0.3, 0.4) is 0 Å². The number of aryl methyl sites for hydroxylation is 1. The Balaban J connectivity index is 1.59. The summed E-state index contributed by atoms with van der Waals surface area (Å²) in [6, 6.07) is 10.9. The van der Waals surface area contributed by atoms with Gasteiger partial charge < -0.3 is 9.88 Å². The molecule has 1 aromatic carbocycles. The number of aromatic nitrogens is 7. The van der Waals surface area contributed by atoms with Crippen molar-refractivity contribution in [2.45, 2.75) is 29.1 Å². The predicted molar refractivity (Wildman–Crippen MR) is 115 cm³/mol. The molecule has 4 heterocycles. The van der Waals surface area contributed by atoms with Crippen molar-refractivity contribution in [2.24, 2.45) is 7.05 Å². The summed E-state index contributed by atoms with van der Waals surface area (Å²) in [5.74, 6) is -0.261. The summed E-state index contributed by atoms with van der Waals surface area (Å²) < 4.78 is 17.4. The van der Waals surface area contributed by atoms with E-state index < -0.39 is 0 Å². The smallest absolute Gasteiger partial charge is 0.215 e. The molecule has 0 amide bonds. The lowest BCUT2D eigenvalue weighted by Crippen LogP contribution is -2.29. The molecule has 1 aliphatic rings. The molecule has 10 heteroatoms. The van der Waals surface area contributed by atoms with Gasteiger partial charge in [0.15, 0.2) is 0 Å². The van der Waals surface area contributed by atoms with Crippen LogP contribution in [0.4, 0.5) is 4.39 Å². The molecule has 1 N–H and O–H groups in total. The molecular formula is C21H21FN8S. The van der Waals surface area contributed by atoms with Gasteiger partial charge >= 0.3 is 0 Å². The molecule has 0 radical (unpaired) electrons. The SMILES string of the molecule is Cn1nnnc1Sc1cc(-c2c(-c3ccc(F)cc3)ncn2C2CCNCC2)ccn1. The van der Waals surface area contributed by atoms with Gasteiger partial charge in [-0.1, -0.05) is 0 Å². The highest BCUT2D eigenvalue weighted by molar-refractivity contribution is 7.99. The number of benzene rings is 1. The first kappa shape index (κ1) is 19.8. The Bertz CT molecular complexity index is 1180. The average Bonchev–Trinajstić information content (AvgIpc) is 3.42. The van der Waals surface area contributed by atoms with Gasteiger partial charge in [-0.15, -0.1) is 5.10 Å². The maximum Gasteiger partial charge on any atom is 0.215 e. The van der Waals surface area contributed by atoms with Crippen LogP contribution in [-0.2, 0) is 7.05 Å². The highest BCUT2D eigenvalue weighted by Gasteiger charge is 2.23. The fourth-order valence-electron chi connectivity index (χ4n) is 3.84. The van der Waals surface area contributed by atoms with Crippen molar-refractivity contribution in [3.8, 4) is 22.5 Å². The molecule has 0 aliphatic carbocycles. The Morgan fingerprint density at radius 1 is 1.06 bits per heavy atom. The first-order chi connectivity index (χ1) is 15.2. The lowest BCUT2D eigenvalue weighted by Gasteiger charge is -2.26. The number of imidazole rings is 1. The summed E-state index contributed by atoms with van der Waals surface area (Å²) >= 11 is 1.40. The molecule has 0 atom stereocenters. The fraction of sp³-hybridized carbons (Fsp3) is 0.286. The van der Waals surface area contributed by atoms with Crippen molar-refractivity contribution in [3.63, 3.8) is 0 Å². The van der Waals surface area contributed by atoms with E-state index in [-0.39, 0.29) is 5.82 Å². The van der Waals surface area contributed by atoms with Crippen LogP contribution >= 0.6 is 11.8 Å². The normalized spacial score (nSPS) is 14.8. The minimum absolute atomic E-state index is 0.261. The highest BCUT2D eigenvalue weighted by atomic mass is 32.2. The van der Waals surface area contributed by atoms with E-state index in [1.165, 1.54) is 23.9 Å². The molecule has 1 saturated heterocycles. The number of piperidine rings is 1. The molecule has 0 spiro atoms. The molecular weight excluding hydrogens is 415 g/mol. The number of nitrogens with one attached hydrogen (secondary N) is 1. The van der Waals surface area contributed by atoms with E-state index in [0.29, 0.717) is 11.2 Å². The third-order valence-electron chi connectivity index (χ3n) is 5.40. The molecule has 3 aromatic heterocycles. The second-order valence-electron chi connectivity index (χ2n) is 7.41. The van der Waals surface area contributed by atoms with Crippen LogP contribution in [0.25, 0.3) is 22.5 Å². The van der Waals surface area contributed by atoms with Gasteiger partial charge in [0.2, 0.25) is 5.16 Å². The first-order valence-corrected chi connectivity index (χ1v) is 10.9. The number of hydrogen-bond acceptors (Lipinski definition) is 7. The van der Waals surface area contributed by atoms with E-state index >= 15 is 0 Å². The highest BCUT2D eigenvalue weighted by Crippen LogP contribution is 2.36. The third-order valence-corrected chi connectivity index (χ3v) is 6.36. The summed E-state index contributed by atoms with van der Waals surface area (Å²) in [5.41, 5.74) is 3.73. The molecule has 158 valence electrons. The van der Waals surface area contributed by atoms with Crippen molar-refractivity contribution in [2.75, 3.05) is 13.1 Å². The van der Waals surface area contributed by atoms with E-state index in [1.807, 2.05) is 18.5 Å². The van der Waals surface area contributed by atoms with Gasteiger partial charge in [-0.25, -0.2) is 19.0 Å². The van der Waals surface area contributed by atoms with Crippen LogP contribution in [0, 0.1) is 5.82 Å². The first-order valence-electron chi connectivity index (χ1n) is 10.1. The molecule has 1 aliphatic heterocycles. The second kappa shape index (κ2) is 8.56. The van der Waals surface area contributed by atoms with Crippen LogP contribution in [0.5, 0.6) is 0 Å². The summed E-state index contributed by atoms with van der Waals surface area (Å²) in [5, 5.41) is 16.5. The van der Waals surface area contributed by atoms with E-state index in [1.54, 1.807) is 30.1 Å². The monoisotopic (exact) mass is 436 g/mol.